The molecule has 1 unspecified atom stereocenters. The third-order valence-corrected chi connectivity index (χ3v) is 3.86. The zero-order valence-electron chi connectivity index (χ0n) is 14.7. The molecule has 0 fully saturated rings. The first-order valence-electron chi connectivity index (χ1n) is 7.89. The van der Waals surface area contributed by atoms with Crippen molar-refractivity contribution in [3.8, 4) is 5.75 Å². The van der Waals surface area contributed by atoms with Crippen LogP contribution in [0.1, 0.15) is 31.2 Å². The molecular weight excluding hydrogens is 392 g/mol. The lowest BCUT2D eigenvalue weighted by molar-refractivity contribution is -0.385. The van der Waals surface area contributed by atoms with Crippen LogP contribution in [0, 0.1) is 10.1 Å². The van der Waals surface area contributed by atoms with Crippen LogP contribution >= 0.6 is 11.6 Å². The number of hydrogen-bond acceptors (Lipinski definition) is 8. The summed E-state index contributed by atoms with van der Waals surface area (Å²) in [5.74, 6) is -1.76. The molecule has 2 aromatic rings. The molecule has 1 amide bonds. The van der Waals surface area contributed by atoms with Crippen molar-refractivity contribution in [2.24, 2.45) is 5.10 Å². The van der Waals surface area contributed by atoms with E-state index in [1.165, 1.54) is 19.2 Å². The fourth-order valence-corrected chi connectivity index (χ4v) is 2.75. The number of esters is 1. The quantitative estimate of drug-likeness (QED) is 0.332. The van der Waals surface area contributed by atoms with E-state index in [2.05, 4.69) is 10.1 Å². The molecule has 144 valence electrons. The minimum Gasteiger partial charge on any atom is -0.446 e. The second kappa shape index (κ2) is 7.61. The lowest BCUT2D eigenvalue weighted by atomic mass is 10.1. The van der Waals surface area contributed by atoms with Gasteiger partial charge in [0.25, 0.3) is 0 Å². The maximum atomic E-state index is 12.0. The first-order chi connectivity index (χ1) is 13.3. The Hall–Kier alpha value is -3.53. The van der Waals surface area contributed by atoms with Gasteiger partial charge in [-0.05, 0) is 12.1 Å². The van der Waals surface area contributed by atoms with Crippen LogP contribution in [0.15, 0.2) is 41.8 Å². The molecule has 0 aliphatic carbocycles. The molecule has 0 N–H and O–H groups in total. The Balaban J connectivity index is 2.12. The molecule has 0 spiro atoms. The number of hydrazone groups is 1. The second-order valence-electron chi connectivity index (χ2n) is 5.68. The summed E-state index contributed by atoms with van der Waals surface area (Å²) in [7, 11) is 0. The monoisotopic (exact) mass is 404 g/mol. The zero-order valence-corrected chi connectivity index (χ0v) is 15.4. The summed E-state index contributed by atoms with van der Waals surface area (Å²) in [6, 6.07) is 5.68. The molecule has 0 radical (unpaired) electrons. The lowest BCUT2D eigenvalue weighted by Crippen LogP contribution is -2.25. The van der Waals surface area contributed by atoms with Crippen molar-refractivity contribution >= 4 is 35.1 Å². The number of nitro groups is 1. The van der Waals surface area contributed by atoms with E-state index in [1.807, 2.05) is 0 Å². The van der Waals surface area contributed by atoms with Gasteiger partial charge in [-0.15, -0.1) is 5.10 Å². The van der Waals surface area contributed by atoms with Gasteiger partial charge < -0.3 is 9.47 Å². The van der Waals surface area contributed by atoms with Crippen LogP contribution in [0.2, 0.25) is 5.02 Å². The molecule has 11 heteroatoms. The Morgan fingerprint density at radius 3 is 2.68 bits per heavy atom. The van der Waals surface area contributed by atoms with E-state index < -0.39 is 28.7 Å². The van der Waals surface area contributed by atoms with Crippen LogP contribution in [-0.2, 0) is 14.3 Å². The maximum absolute atomic E-state index is 12.0. The summed E-state index contributed by atoms with van der Waals surface area (Å²) in [4.78, 5) is 38.1. The molecule has 1 atom stereocenters. The summed E-state index contributed by atoms with van der Waals surface area (Å²) in [5, 5.41) is 16.5. The van der Waals surface area contributed by atoms with E-state index in [-0.39, 0.29) is 22.2 Å². The van der Waals surface area contributed by atoms with Gasteiger partial charge in [0.05, 0.1) is 10.5 Å². The number of halogens is 1. The minimum absolute atomic E-state index is 0.00287. The number of nitrogens with zero attached hydrogens (tertiary/aromatic N) is 4. The molecule has 3 rings (SSSR count). The van der Waals surface area contributed by atoms with E-state index in [1.54, 1.807) is 18.3 Å². The number of carbonyl (C=O) groups excluding carboxylic acids is 2. The van der Waals surface area contributed by atoms with E-state index in [0.29, 0.717) is 5.56 Å². The van der Waals surface area contributed by atoms with Gasteiger partial charge >= 0.3 is 11.7 Å². The standard InChI is InChI=1S/C17H13ClN4O6/c1-9(23)21-17(11-4-3-5-19-8-11)28-16(20-21)13-6-12(18)7-14(22(25)26)15(13)27-10(2)24/h3-8,17H,1-2H3. The SMILES string of the molecule is CC(=O)Oc1c(C2=NN(C(C)=O)C(c3cccnc3)O2)cc(Cl)cc1[N+](=O)[O-]. The molecule has 1 aliphatic rings. The van der Waals surface area contributed by atoms with Crippen molar-refractivity contribution in [3.05, 3.63) is 62.9 Å². The molecule has 1 aromatic heterocycles. The number of ether oxygens (including phenoxy) is 2. The summed E-state index contributed by atoms with van der Waals surface area (Å²) < 4.78 is 10.8. The highest BCUT2D eigenvalue weighted by atomic mass is 35.5. The Kier molecular flexibility index (Phi) is 5.23. The van der Waals surface area contributed by atoms with Crippen LogP contribution < -0.4 is 4.74 Å². The summed E-state index contributed by atoms with van der Waals surface area (Å²) in [6.45, 7) is 2.38. The van der Waals surface area contributed by atoms with Crippen LogP contribution in [0.3, 0.4) is 0 Å². The van der Waals surface area contributed by atoms with E-state index in [4.69, 9.17) is 21.1 Å². The van der Waals surface area contributed by atoms with Gasteiger partial charge in [0.15, 0.2) is 0 Å². The normalized spacial score (nSPS) is 15.6. The van der Waals surface area contributed by atoms with Crippen molar-refractivity contribution in [2.75, 3.05) is 0 Å². The predicted octanol–water partition coefficient (Wildman–Crippen LogP) is 2.81. The van der Waals surface area contributed by atoms with E-state index in [9.17, 15) is 19.7 Å². The van der Waals surface area contributed by atoms with Crippen LogP contribution in [0.5, 0.6) is 5.75 Å². The van der Waals surface area contributed by atoms with Crippen LogP contribution in [-0.4, -0.2) is 32.7 Å². The number of pyridine rings is 1. The zero-order chi connectivity index (χ0) is 20.4. The molecule has 0 saturated heterocycles. The van der Waals surface area contributed by atoms with E-state index >= 15 is 0 Å². The molecule has 0 saturated carbocycles. The van der Waals surface area contributed by atoms with Crippen molar-refractivity contribution in [2.45, 2.75) is 20.1 Å². The second-order valence-corrected chi connectivity index (χ2v) is 6.11. The Morgan fingerprint density at radius 2 is 2.11 bits per heavy atom. The van der Waals surface area contributed by atoms with Gasteiger partial charge in [0, 0.05) is 42.9 Å². The third-order valence-electron chi connectivity index (χ3n) is 3.64. The molecule has 1 aromatic carbocycles. The predicted molar refractivity (Wildman–Crippen MR) is 96.5 cm³/mol. The number of hydrogen-bond donors (Lipinski definition) is 0. The topological polar surface area (TPSA) is 124 Å². The van der Waals surface area contributed by atoms with Crippen molar-refractivity contribution in [1.29, 1.82) is 0 Å². The summed E-state index contributed by atoms with van der Waals surface area (Å²) in [5.41, 5.74) is -0.0442. The number of carbonyl (C=O) groups is 2. The molecular formula is C17H13ClN4O6. The Morgan fingerprint density at radius 1 is 1.36 bits per heavy atom. The Labute approximate surface area is 163 Å². The average Bonchev–Trinajstić information content (AvgIpc) is 3.08. The number of nitro benzene ring substituents is 1. The van der Waals surface area contributed by atoms with Crippen molar-refractivity contribution in [1.82, 2.24) is 9.99 Å². The summed E-state index contributed by atoms with van der Waals surface area (Å²) >= 11 is 5.99. The van der Waals surface area contributed by atoms with Crippen molar-refractivity contribution in [3.63, 3.8) is 0 Å². The average molecular weight is 405 g/mol. The third kappa shape index (κ3) is 3.76. The molecule has 2 heterocycles. The van der Waals surface area contributed by atoms with Gasteiger partial charge in [-0.3, -0.25) is 24.7 Å². The van der Waals surface area contributed by atoms with Crippen LogP contribution in [0.4, 0.5) is 5.69 Å². The van der Waals surface area contributed by atoms with Gasteiger partial charge in [0.1, 0.15) is 0 Å². The fraction of sp³-hybridized carbons (Fsp3) is 0.176. The highest BCUT2D eigenvalue weighted by Crippen LogP contribution is 2.38. The molecule has 0 bridgehead atoms. The number of benzene rings is 1. The van der Waals surface area contributed by atoms with Gasteiger partial charge in [0.2, 0.25) is 23.8 Å². The molecule has 10 nitrogen and oxygen atoms in total. The summed E-state index contributed by atoms with van der Waals surface area (Å²) in [6.07, 6.45) is 2.11. The minimum atomic E-state index is -0.940. The molecule has 28 heavy (non-hydrogen) atoms. The number of amides is 1. The van der Waals surface area contributed by atoms with Crippen LogP contribution in [0.25, 0.3) is 0 Å². The largest absolute Gasteiger partial charge is 0.446 e. The Bertz CT molecular complexity index is 995. The number of rotatable bonds is 4. The highest BCUT2D eigenvalue weighted by Gasteiger charge is 2.36. The fourth-order valence-electron chi connectivity index (χ4n) is 2.54. The van der Waals surface area contributed by atoms with Gasteiger partial charge in [-0.2, -0.15) is 5.01 Å². The first-order valence-corrected chi connectivity index (χ1v) is 8.27. The van der Waals surface area contributed by atoms with Gasteiger partial charge in [-0.1, -0.05) is 17.7 Å². The number of aromatic nitrogens is 1. The van der Waals surface area contributed by atoms with Crippen molar-refractivity contribution < 1.29 is 24.0 Å². The smallest absolute Gasteiger partial charge is 0.314 e. The van der Waals surface area contributed by atoms with E-state index in [0.717, 1.165) is 18.0 Å². The first kappa shape index (κ1) is 19.2. The highest BCUT2D eigenvalue weighted by molar-refractivity contribution is 6.31. The van der Waals surface area contributed by atoms with Gasteiger partial charge in [-0.25, -0.2) is 0 Å². The molecule has 1 aliphatic heterocycles. The maximum Gasteiger partial charge on any atom is 0.314 e. The lowest BCUT2D eigenvalue weighted by Gasteiger charge is -2.18.